The van der Waals surface area contributed by atoms with Gasteiger partial charge in [0, 0.05) is 24.8 Å². The van der Waals surface area contributed by atoms with Crippen LogP contribution >= 0.6 is 0 Å². The number of aromatic nitrogens is 2. The Morgan fingerprint density at radius 3 is 2.61 bits per heavy atom. The predicted octanol–water partition coefficient (Wildman–Crippen LogP) is 2.49. The van der Waals surface area contributed by atoms with Crippen LogP contribution in [-0.4, -0.2) is 26.8 Å². The molecule has 1 amide bonds. The summed E-state index contributed by atoms with van der Waals surface area (Å²) in [4.78, 5) is 22.1. The lowest BCUT2D eigenvalue weighted by molar-refractivity contribution is -0.114. The fraction of sp³-hybridized carbons (Fsp3) is 0.312. The Kier molecular flexibility index (Phi) is 4.01. The van der Waals surface area contributed by atoms with Gasteiger partial charge >= 0.3 is 5.97 Å². The summed E-state index contributed by atoms with van der Waals surface area (Å²) in [7, 11) is 0. The van der Waals surface area contributed by atoms with Crippen LogP contribution in [-0.2, 0) is 11.3 Å². The van der Waals surface area contributed by atoms with Gasteiger partial charge in [0.15, 0.2) is 5.69 Å². The number of hydrogen-bond donors (Lipinski definition) is 3. The molecule has 1 aliphatic rings. The minimum atomic E-state index is -1.01. The molecule has 2 heterocycles. The van der Waals surface area contributed by atoms with Crippen molar-refractivity contribution in [2.45, 2.75) is 32.4 Å². The first kappa shape index (κ1) is 15.1. The smallest absolute Gasteiger partial charge is 0.356 e. The standard InChI is InChI=1S/C16H18N4O3/c1-10(21)17-11-4-6-12(7-5-11)18-13-3-2-8-20-15(13)9-14(19-20)16(22)23/h4-7,9,13,18H,2-3,8H2,1H3,(H,17,21)(H,22,23)/t13-/m1/s1. The topological polar surface area (TPSA) is 96.3 Å². The predicted molar refractivity (Wildman–Crippen MR) is 85.5 cm³/mol. The molecule has 120 valence electrons. The van der Waals surface area contributed by atoms with E-state index in [-0.39, 0.29) is 17.6 Å². The number of hydrogen-bond acceptors (Lipinski definition) is 4. The summed E-state index contributed by atoms with van der Waals surface area (Å²) in [6.45, 7) is 2.21. The Morgan fingerprint density at radius 2 is 1.96 bits per heavy atom. The Bertz CT molecular complexity index is 736. The number of aromatic carboxylic acids is 1. The van der Waals surface area contributed by atoms with E-state index in [1.807, 2.05) is 24.3 Å². The fourth-order valence-electron chi connectivity index (χ4n) is 2.79. The molecule has 1 aromatic heterocycles. The molecule has 1 aliphatic heterocycles. The second-order valence-corrected chi connectivity index (χ2v) is 5.58. The van der Waals surface area contributed by atoms with Crippen molar-refractivity contribution in [3.63, 3.8) is 0 Å². The molecule has 2 aromatic rings. The number of rotatable bonds is 4. The molecular weight excluding hydrogens is 296 g/mol. The van der Waals surface area contributed by atoms with E-state index in [0.717, 1.165) is 36.5 Å². The Hall–Kier alpha value is -2.83. The van der Waals surface area contributed by atoms with Crippen molar-refractivity contribution in [3.8, 4) is 0 Å². The van der Waals surface area contributed by atoms with Gasteiger partial charge < -0.3 is 15.7 Å². The maximum absolute atomic E-state index is 11.1. The van der Waals surface area contributed by atoms with E-state index in [4.69, 9.17) is 5.11 Å². The van der Waals surface area contributed by atoms with E-state index >= 15 is 0 Å². The number of nitrogens with one attached hydrogen (secondary N) is 2. The van der Waals surface area contributed by atoms with E-state index in [1.165, 1.54) is 6.92 Å². The van der Waals surface area contributed by atoms with Crippen LogP contribution in [0.1, 0.15) is 42.0 Å². The minimum Gasteiger partial charge on any atom is -0.476 e. The number of carboxylic acids is 1. The maximum atomic E-state index is 11.1. The van der Waals surface area contributed by atoms with E-state index in [1.54, 1.807) is 10.7 Å². The highest BCUT2D eigenvalue weighted by Crippen LogP contribution is 2.29. The van der Waals surface area contributed by atoms with Crippen molar-refractivity contribution in [1.82, 2.24) is 9.78 Å². The van der Waals surface area contributed by atoms with Crippen molar-refractivity contribution in [2.75, 3.05) is 10.6 Å². The third-order valence-corrected chi connectivity index (χ3v) is 3.80. The zero-order valence-corrected chi connectivity index (χ0v) is 12.7. The summed E-state index contributed by atoms with van der Waals surface area (Å²) in [5, 5.41) is 19.3. The summed E-state index contributed by atoms with van der Waals surface area (Å²) in [5.41, 5.74) is 2.62. The van der Waals surface area contributed by atoms with Crippen LogP contribution in [0, 0.1) is 0 Å². The van der Waals surface area contributed by atoms with Crippen LogP contribution in [0.5, 0.6) is 0 Å². The van der Waals surface area contributed by atoms with Gasteiger partial charge in [-0.1, -0.05) is 0 Å². The van der Waals surface area contributed by atoms with Crippen LogP contribution in [0.2, 0.25) is 0 Å². The van der Waals surface area contributed by atoms with Crippen molar-refractivity contribution >= 4 is 23.3 Å². The molecule has 23 heavy (non-hydrogen) atoms. The Labute approximate surface area is 133 Å². The lowest BCUT2D eigenvalue weighted by Crippen LogP contribution is -2.21. The van der Waals surface area contributed by atoms with Gasteiger partial charge in [-0.05, 0) is 43.2 Å². The summed E-state index contributed by atoms with van der Waals surface area (Å²) in [6.07, 6.45) is 1.85. The van der Waals surface area contributed by atoms with Gasteiger partial charge in [0.1, 0.15) is 0 Å². The van der Waals surface area contributed by atoms with Gasteiger partial charge in [0.05, 0.1) is 11.7 Å². The first-order valence-electron chi connectivity index (χ1n) is 7.48. The first-order valence-corrected chi connectivity index (χ1v) is 7.48. The molecule has 0 saturated heterocycles. The molecule has 7 nitrogen and oxygen atoms in total. The van der Waals surface area contributed by atoms with E-state index < -0.39 is 5.97 Å². The monoisotopic (exact) mass is 314 g/mol. The molecule has 1 aromatic carbocycles. The molecule has 0 spiro atoms. The number of carbonyl (C=O) groups excluding carboxylic acids is 1. The Morgan fingerprint density at radius 1 is 1.26 bits per heavy atom. The van der Waals surface area contributed by atoms with Crippen LogP contribution in [0.3, 0.4) is 0 Å². The van der Waals surface area contributed by atoms with Crippen molar-refractivity contribution in [2.24, 2.45) is 0 Å². The fourth-order valence-corrected chi connectivity index (χ4v) is 2.79. The second kappa shape index (κ2) is 6.12. The molecule has 0 radical (unpaired) electrons. The quantitative estimate of drug-likeness (QED) is 0.805. The summed E-state index contributed by atoms with van der Waals surface area (Å²) < 4.78 is 1.76. The number of anilines is 2. The molecule has 0 aliphatic carbocycles. The van der Waals surface area contributed by atoms with Gasteiger partial charge in [-0.2, -0.15) is 5.10 Å². The lowest BCUT2D eigenvalue weighted by Gasteiger charge is -2.25. The number of fused-ring (bicyclic) bond motifs is 1. The summed E-state index contributed by atoms with van der Waals surface area (Å²) >= 11 is 0. The molecule has 0 fully saturated rings. The SMILES string of the molecule is CC(=O)Nc1ccc(N[C@@H]2CCCn3nc(C(=O)O)cc32)cc1. The molecule has 0 saturated carbocycles. The van der Waals surface area contributed by atoms with Crippen molar-refractivity contribution in [1.29, 1.82) is 0 Å². The third kappa shape index (κ3) is 3.33. The maximum Gasteiger partial charge on any atom is 0.356 e. The minimum absolute atomic E-state index is 0.0240. The molecular formula is C16H18N4O3. The van der Waals surface area contributed by atoms with Gasteiger partial charge in [-0.3, -0.25) is 9.48 Å². The number of amides is 1. The zero-order valence-electron chi connectivity index (χ0n) is 12.7. The third-order valence-electron chi connectivity index (χ3n) is 3.80. The largest absolute Gasteiger partial charge is 0.476 e. The number of aryl methyl sites for hydroxylation is 1. The number of carboxylic acid groups (broad SMARTS) is 1. The second-order valence-electron chi connectivity index (χ2n) is 5.58. The highest BCUT2D eigenvalue weighted by Gasteiger charge is 2.24. The van der Waals surface area contributed by atoms with Gasteiger partial charge in [0.2, 0.25) is 5.91 Å². The molecule has 3 N–H and O–H groups in total. The average Bonchev–Trinajstić information content (AvgIpc) is 2.94. The lowest BCUT2D eigenvalue weighted by atomic mass is 10.0. The van der Waals surface area contributed by atoms with Crippen LogP contribution < -0.4 is 10.6 Å². The van der Waals surface area contributed by atoms with Crippen LogP contribution in [0.25, 0.3) is 0 Å². The molecule has 1 atom stereocenters. The highest BCUT2D eigenvalue weighted by molar-refractivity contribution is 5.88. The molecule has 3 rings (SSSR count). The van der Waals surface area contributed by atoms with E-state index in [9.17, 15) is 9.59 Å². The van der Waals surface area contributed by atoms with E-state index in [2.05, 4.69) is 15.7 Å². The number of carbonyl (C=O) groups is 2. The molecule has 0 unspecified atom stereocenters. The molecule has 0 bridgehead atoms. The van der Waals surface area contributed by atoms with Gasteiger partial charge in [-0.25, -0.2) is 4.79 Å². The summed E-state index contributed by atoms with van der Waals surface area (Å²) in [5.74, 6) is -1.12. The normalized spacial score (nSPS) is 16.5. The number of nitrogens with zero attached hydrogens (tertiary/aromatic N) is 2. The highest BCUT2D eigenvalue weighted by atomic mass is 16.4. The van der Waals surface area contributed by atoms with Crippen LogP contribution in [0.15, 0.2) is 30.3 Å². The van der Waals surface area contributed by atoms with E-state index in [0.29, 0.717) is 0 Å². The first-order chi connectivity index (χ1) is 11.0. The summed E-state index contributed by atoms with van der Waals surface area (Å²) in [6, 6.07) is 9.08. The Balaban J connectivity index is 1.76. The van der Waals surface area contributed by atoms with Gasteiger partial charge in [0.25, 0.3) is 0 Å². The van der Waals surface area contributed by atoms with Gasteiger partial charge in [-0.15, -0.1) is 0 Å². The van der Waals surface area contributed by atoms with Crippen molar-refractivity contribution in [3.05, 3.63) is 41.7 Å². The average molecular weight is 314 g/mol. The zero-order chi connectivity index (χ0) is 16.4. The number of benzene rings is 1. The van der Waals surface area contributed by atoms with Crippen LogP contribution in [0.4, 0.5) is 11.4 Å². The molecule has 7 heteroatoms. The van der Waals surface area contributed by atoms with Crippen molar-refractivity contribution < 1.29 is 14.7 Å².